The van der Waals surface area contributed by atoms with E-state index in [-0.39, 0.29) is 11.5 Å². The monoisotopic (exact) mass is 289 g/mol. The molecule has 1 N–H and O–H groups in total. The maximum Gasteiger partial charge on any atom is 0.244 e. The lowest BCUT2D eigenvalue weighted by Gasteiger charge is -2.25. The lowest BCUT2D eigenvalue weighted by Crippen LogP contribution is -2.42. The molecular formula is C16H20FN3O. The molecule has 1 aromatic rings. The van der Waals surface area contributed by atoms with Gasteiger partial charge in [0.25, 0.3) is 0 Å². The van der Waals surface area contributed by atoms with Crippen molar-refractivity contribution in [1.82, 2.24) is 4.90 Å². The van der Waals surface area contributed by atoms with Gasteiger partial charge < -0.3 is 10.2 Å². The Labute approximate surface area is 124 Å². The van der Waals surface area contributed by atoms with Crippen molar-refractivity contribution < 1.29 is 9.18 Å². The first-order valence-electron chi connectivity index (χ1n) is 7.37. The summed E-state index contributed by atoms with van der Waals surface area (Å²) in [6.07, 6.45) is 4.42. The van der Waals surface area contributed by atoms with Gasteiger partial charge >= 0.3 is 0 Å². The van der Waals surface area contributed by atoms with Gasteiger partial charge in [-0.15, -0.1) is 0 Å². The number of anilines is 1. The minimum absolute atomic E-state index is 0.0325. The summed E-state index contributed by atoms with van der Waals surface area (Å²) in [5, 5.41) is 12.1. The molecule has 0 spiro atoms. The number of benzene rings is 1. The van der Waals surface area contributed by atoms with Crippen LogP contribution >= 0.6 is 0 Å². The van der Waals surface area contributed by atoms with Gasteiger partial charge in [-0.05, 0) is 38.0 Å². The second-order valence-electron chi connectivity index (χ2n) is 5.41. The first kappa shape index (κ1) is 15.3. The number of amides is 1. The van der Waals surface area contributed by atoms with Crippen LogP contribution in [0.4, 0.5) is 10.1 Å². The standard InChI is InChI=1S/C16H20FN3O/c1-12(16(21)20-8-4-2-3-5-9-20)19-15-7-6-14(17)10-13(15)11-18/h6-7,10,12,19H,2-5,8-9H2,1H3. The maximum absolute atomic E-state index is 13.1. The van der Waals surface area contributed by atoms with E-state index in [4.69, 9.17) is 5.26 Å². The van der Waals surface area contributed by atoms with Crippen molar-refractivity contribution in [2.75, 3.05) is 18.4 Å². The van der Waals surface area contributed by atoms with Crippen molar-refractivity contribution in [2.45, 2.75) is 38.6 Å². The summed E-state index contributed by atoms with van der Waals surface area (Å²) in [5.74, 6) is -0.422. The molecular weight excluding hydrogens is 269 g/mol. The molecule has 1 aromatic carbocycles. The predicted octanol–water partition coefficient (Wildman–Crippen LogP) is 2.90. The molecule has 1 atom stereocenters. The van der Waals surface area contributed by atoms with Gasteiger partial charge in [0.15, 0.2) is 0 Å². The highest BCUT2D eigenvalue weighted by molar-refractivity contribution is 5.84. The molecule has 1 unspecified atom stereocenters. The van der Waals surface area contributed by atoms with Crippen molar-refractivity contribution in [3.05, 3.63) is 29.6 Å². The molecule has 1 heterocycles. The highest BCUT2D eigenvalue weighted by Gasteiger charge is 2.22. The molecule has 1 amide bonds. The molecule has 0 radical (unpaired) electrons. The van der Waals surface area contributed by atoms with Crippen molar-refractivity contribution in [2.24, 2.45) is 0 Å². The number of hydrogen-bond donors (Lipinski definition) is 1. The molecule has 1 saturated heterocycles. The Hall–Kier alpha value is -2.09. The normalized spacial score (nSPS) is 16.7. The van der Waals surface area contributed by atoms with Crippen LogP contribution in [0.25, 0.3) is 0 Å². The number of nitrogens with zero attached hydrogens (tertiary/aromatic N) is 2. The van der Waals surface area contributed by atoms with E-state index >= 15 is 0 Å². The van der Waals surface area contributed by atoms with Gasteiger partial charge in [-0.2, -0.15) is 5.26 Å². The van der Waals surface area contributed by atoms with Crippen molar-refractivity contribution in [1.29, 1.82) is 5.26 Å². The number of nitrogens with one attached hydrogen (secondary N) is 1. The molecule has 5 heteroatoms. The number of carbonyl (C=O) groups is 1. The number of hydrogen-bond acceptors (Lipinski definition) is 3. The highest BCUT2D eigenvalue weighted by Crippen LogP contribution is 2.18. The molecule has 0 saturated carbocycles. The number of halogens is 1. The minimum Gasteiger partial charge on any atom is -0.373 e. The van der Waals surface area contributed by atoms with E-state index in [1.54, 1.807) is 6.92 Å². The van der Waals surface area contributed by atoms with E-state index in [1.807, 2.05) is 11.0 Å². The molecule has 1 aliphatic heterocycles. The quantitative estimate of drug-likeness (QED) is 0.931. The van der Waals surface area contributed by atoms with Crippen molar-refractivity contribution in [3.63, 3.8) is 0 Å². The summed E-state index contributed by atoms with van der Waals surface area (Å²) in [6.45, 7) is 3.36. The minimum atomic E-state index is -0.455. The third-order valence-corrected chi connectivity index (χ3v) is 3.76. The number of nitriles is 1. The molecule has 0 bridgehead atoms. The van der Waals surface area contributed by atoms with Crippen LogP contribution in [0, 0.1) is 17.1 Å². The van der Waals surface area contributed by atoms with Crippen LogP contribution in [-0.4, -0.2) is 29.9 Å². The summed E-state index contributed by atoms with van der Waals surface area (Å²) in [6, 6.07) is 5.47. The maximum atomic E-state index is 13.1. The molecule has 0 aromatic heterocycles. The van der Waals surface area contributed by atoms with Crippen molar-refractivity contribution in [3.8, 4) is 6.07 Å². The molecule has 0 aliphatic carbocycles. The largest absolute Gasteiger partial charge is 0.373 e. The fourth-order valence-corrected chi connectivity index (χ4v) is 2.59. The fourth-order valence-electron chi connectivity index (χ4n) is 2.59. The van der Waals surface area contributed by atoms with Crippen LogP contribution in [0.15, 0.2) is 18.2 Å². The molecule has 1 aliphatic rings. The number of likely N-dealkylation sites (tertiary alicyclic amines) is 1. The van der Waals surface area contributed by atoms with Crippen LogP contribution in [0.1, 0.15) is 38.2 Å². The lowest BCUT2D eigenvalue weighted by atomic mass is 10.1. The Morgan fingerprint density at radius 1 is 1.33 bits per heavy atom. The van der Waals surface area contributed by atoms with Gasteiger partial charge in [-0.3, -0.25) is 4.79 Å². The van der Waals surface area contributed by atoms with Crippen LogP contribution < -0.4 is 5.32 Å². The molecule has 2 rings (SSSR count). The summed E-state index contributed by atoms with van der Waals surface area (Å²) in [7, 11) is 0. The Morgan fingerprint density at radius 2 is 2.00 bits per heavy atom. The van der Waals surface area contributed by atoms with Gasteiger partial charge in [0.1, 0.15) is 17.9 Å². The molecule has 21 heavy (non-hydrogen) atoms. The van der Waals surface area contributed by atoms with Gasteiger partial charge in [-0.25, -0.2) is 4.39 Å². The zero-order valence-corrected chi connectivity index (χ0v) is 12.2. The zero-order valence-electron chi connectivity index (χ0n) is 12.2. The summed E-state index contributed by atoms with van der Waals surface area (Å²) in [5.41, 5.74) is 0.708. The Balaban J connectivity index is 2.05. The van der Waals surface area contributed by atoms with Gasteiger partial charge in [0.2, 0.25) is 5.91 Å². The smallest absolute Gasteiger partial charge is 0.244 e. The Bertz CT molecular complexity index is 545. The average molecular weight is 289 g/mol. The van der Waals surface area contributed by atoms with E-state index in [0.717, 1.165) is 25.9 Å². The van der Waals surface area contributed by atoms with Gasteiger partial charge in [-0.1, -0.05) is 12.8 Å². The number of rotatable bonds is 3. The average Bonchev–Trinajstić information content (AvgIpc) is 2.77. The zero-order chi connectivity index (χ0) is 15.2. The van der Waals surface area contributed by atoms with E-state index in [0.29, 0.717) is 5.69 Å². The van der Waals surface area contributed by atoms with Crippen LogP contribution in [0.3, 0.4) is 0 Å². The summed E-state index contributed by atoms with van der Waals surface area (Å²) < 4.78 is 13.1. The summed E-state index contributed by atoms with van der Waals surface area (Å²) >= 11 is 0. The van der Waals surface area contributed by atoms with Gasteiger partial charge in [0.05, 0.1) is 11.3 Å². The molecule has 1 fully saturated rings. The third kappa shape index (κ3) is 3.94. The Morgan fingerprint density at radius 3 is 2.62 bits per heavy atom. The van der Waals surface area contributed by atoms with E-state index in [2.05, 4.69) is 5.32 Å². The van der Waals surface area contributed by atoms with Crippen LogP contribution in [-0.2, 0) is 4.79 Å². The topological polar surface area (TPSA) is 56.1 Å². The SMILES string of the molecule is CC(Nc1ccc(F)cc1C#N)C(=O)N1CCCCCC1. The fraction of sp³-hybridized carbons (Fsp3) is 0.500. The first-order valence-corrected chi connectivity index (χ1v) is 7.37. The predicted molar refractivity (Wildman–Crippen MR) is 79.2 cm³/mol. The van der Waals surface area contributed by atoms with E-state index in [9.17, 15) is 9.18 Å². The molecule has 112 valence electrons. The first-order chi connectivity index (χ1) is 10.1. The summed E-state index contributed by atoms with van der Waals surface area (Å²) in [4.78, 5) is 14.3. The van der Waals surface area contributed by atoms with E-state index in [1.165, 1.54) is 31.0 Å². The van der Waals surface area contributed by atoms with Gasteiger partial charge in [0, 0.05) is 13.1 Å². The third-order valence-electron chi connectivity index (χ3n) is 3.76. The second kappa shape index (κ2) is 7.07. The highest BCUT2D eigenvalue weighted by atomic mass is 19.1. The second-order valence-corrected chi connectivity index (χ2v) is 5.41. The van der Waals surface area contributed by atoms with E-state index < -0.39 is 11.9 Å². The number of carbonyl (C=O) groups excluding carboxylic acids is 1. The van der Waals surface area contributed by atoms with Crippen LogP contribution in [0.5, 0.6) is 0 Å². The van der Waals surface area contributed by atoms with Crippen LogP contribution in [0.2, 0.25) is 0 Å². The Kier molecular flexibility index (Phi) is 5.15. The lowest BCUT2D eigenvalue weighted by molar-refractivity contribution is -0.131. The molecule has 4 nitrogen and oxygen atoms in total. The van der Waals surface area contributed by atoms with Crippen molar-refractivity contribution >= 4 is 11.6 Å².